The van der Waals surface area contributed by atoms with Gasteiger partial charge >= 0.3 is 0 Å². The molecule has 110 valence electrons. The molecule has 5 heteroatoms. The lowest BCUT2D eigenvalue weighted by atomic mass is 9.84. The van der Waals surface area contributed by atoms with Crippen LogP contribution in [0.3, 0.4) is 0 Å². The van der Waals surface area contributed by atoms with Crippen molar-refractivity contribution in [2.75, 3.05) is 4.90 Å². The quantitative estimate of drug-likeness (QED) is 0.804. The lowest BCUT2D eigenvalue weighted by Crippen LogP contribution is -2.35. The number of nitrogens with one attached hydrogen (secondary N) is 1. The number of pyridine rings is 1. The van der Waals surface area contributed by atoms with Crippen molar-refractivity contribution in [2.24, 2.45) is 5.92 Å². The minimum atomic E-state index is 0.125. The number of hydrogen-bond acceptors (Lipinski definition) is 3. The average Bonchev–Trinajstić information content (AvgIpc) is 2.94. The molecule has 1 amide bonds. The maximum Gasteiger partial charge on any atom is 0.234 e. The zero-order valence-corrected chi connectivity index (χ0v) is 12.1. The van der Waals surface area contributed by atoms with Gasteiger partial charge in [-0.3, -0.25) is 19.8 Å². The molecule has 4 rings (SSSR count). The Labute approximate surface area is 128 Å². The number of nitrogens with zero attached hydrogens (tertiary/aromatic N) is 3. The number of hydrogen-bond donors (Lipinski definition) is 1. The number of amides is 1. The number of fused-ring (bicyclic) bond motifs is 1. The Morgan fingerprint density at radius 3 is 2.82 bits per heavy atom. The standard InChI is InChI=1S/C17H16N4O/c22-17(12-3-1-4-12)21(15-5-2-8-18-11-15)14-6-7-16-13(9-14)10-19-20-16/h2,5-12H,1,3-4H2,(H,19,20). The van der Waals surface area contributed by atoms with Crippen molar-refractivity contribution in [1.29, 1.82) is 0 Å². The van der Waals surface area contributed by atoms with Gasteiger partial charge in [0.05, 0.1) is 23.6 Å². The largest absolute Gasteiger partial charge is 0.279 e. The van der Waals surface area contributed by atoms with Gasteiger partial charge in [0.1, 0.15) is 0 Å². The minimum Gasteiger partial charge on any atom is -0.279 e. The van der Waals surface area contributed by atoms with Crippen LogP contribution >= 0.6 is 0 Å². The van der Waals surface area contributed by atoms with Crippen LogP contribution in [-0.4, -0.2) is 21.1 Å². The average molecular weight is 292 g/mol. The van der Waals surface area contributed by atoms with E-state index in [-0.39, 0.29) is 11.8 Å². The molecule has 0 radical (unpaired) electrons. The predicted molar refractivity (Wildman–Crippen MR) is 84.8 cm³/mol. The molecule has 0 atom stereocenters. The normalized spacial score (nSPS) is 14.7. The summed E-state index contributed by atoms with van der Waals surface area (Å²) in [5.74, 6) is 0.280. The summed E-state index contributed by atoms with van der Waals surface area (Å²) in [5, 5.41) is 7.97. The first kappa shape index (κ1) is 13.0. The maximum atomic E-state index is 12.9. The van der Waals surface area contributed by atoms with Crippen molar-refractivity contribution in [2.45, 2.75) is 19.3 Å². The van der Waals surface area contributed by atoms with Gasteiger partial charge in [0.25, 0.3) is 0 Å². The topological polar surface area (TPSA) is 61.9 Å². The van der Waals surface area contributed by atoms with E-state index in [1.54, 1.807) is 23.5 Å². The highest BCUT2D eigenvalue weighted by Gasteiger charge is 2.31. The Balaban J connectivity index is 1.80. The summed E-state index contributed by atoms with van der Waals surface area (Å²) < 4.78 is 0. The van der Waals surface area contributed by atoms with E-state index in [9.17, 15) is 4.79 Å². The van der Waals surface area contributed by atoms with Crippen LogP contribution in [0.25, 0.3) is 10.9 Å². The summed E-state index contributed by atoms with van der Waals surface area (Å²) in [5.41, 5.74) is 2.63. The number of carbonyl (C=O) groups excluding carboxylic acids is 1. The number of aromatic amines is 1. The van der Waals surface area contributed by atoms with E-state index in [0.717, 1.165) is 41.5 Å². The van der Waals surface area contributed by atoms with Gasteiger partial charge in [0.15, 0.2) is 0 Å². The zero-order valence-electron chi connectivity index (χ0n) is 12.1. The Morgan fingerprint density at radius 2 is 2.09 bits per heavy atom. The van der Waals surface area contributed by atoms with Crippen LogP contribution in [0.15, 0.2) is 48.9 Å². The fraction of sp³-hybridized carbons (Fsp3) is 0.235. The second kappa shape index (κ2) is 5.26. The molecule has 1 saturated carbocycles. The fourth-order valence-electron chi connectivity index (χ4n) is 2.80. The molecule has 1 aliphatic carbocycles. The smallest absolute Gasteiger partial charge is 0.234 e. The second-order valence-corrected chi connectivity index (χ2v) is 5.65. The van der Waals surface area contributed by atoms with Crippen LogP contribution in [0, 0.1) is 5.92 Å². The first-order valence-electron chi connectivity index (χ1n) is 7.50. The lowest BCUT2D eigenvalue weighted by Gasteiger charge is -2.31. The van der Waals surface area contributed by atoms with Crippen LogP contribution in [0.2, 0.25) is 0 Å². The maximum absolute atomic E-state index is 12.9. The molecule has 1 N–H and O–H groups in total. The number of H-pyrrole nitrogens is 1. The molecule has 3 aromatic rings. The van der Waals surface area contributed by atoms with Crippen LogP contribution in [0.4, 0.5) is 11.4 Å². The van der Waals surface area contributed by atoms with Crippen molar-refractivity contribution in [3.05, 3.63) is 48.9 Å². The molecule has 1 aliphatic rings. The highest BCUT2D eigenvalue weighted by atomic mass is 16.2. The van der Waals surface area contributed by atoms with Gasteiger partial charge in [-0.05, 0) is 43.2 Å². The van der Waals surface area contributed by atoms with Crippen LogP contribution in [0.5, 0.6) is 0 Å². The van der Waals surface area contributed by atoms with E-state index in [1.165, 1.54) is 0 Å². The van der Waals surface area contributed by atoms with Gasteiger partial charge < -0.3 is 0 Å². The lowest BCUT2D eigenvalue weighted by molar-refractivity contribution is -0.123. The molecule has 1 fully saturated rings. The molecule has 0 saturated heterocycles. The molecule has 2 heterocycles. The molecule has 0 spiro atoms. The first-order valence-corrected chi connectivity index (χ1v) is 7.50. The molecule has 5 nitrogen and oxygen atoms in total. The van der Waals surface area contributed by atoms with Gasteiger partial charge in [0.2, 0.25) is 5.91 Å². The first-order chi connectivity index (χ1) is 10.8. The summed E-state index contributed by atoms with van der Waals surface area (Å²) in [4.78, 5) is 18.8. The minimum absolute atomic E-state index is 0.125. The summed E-state index contributed by atoms with van der Waals surface area (Å²) in [6.07, 6.45) is 8.31. The van der Waals surface area contributed by atoms with Crippen molar-refractivity contribution in [3.63, 3.8) is 0 Å². The molecule has 1 aromatic carbocycles. The third-order valence-electron chi connectivity index (χ3n) is 4.26. The monoisotopic (exact) mass is 292 g/mol. The highest BCUT2D eigenvalue weighted by Crippen LogP contribution is 2.34. The molecular formula is C17H16N4O. The highest BCUT2D eigenvalue weighted by molar-refractivity contribution is 6.03. The van der Waals surface area contributed by atoms with E-state index < -0.39 is 0 Å². The fourth-order valence-corrected chi connectivity index (χ4v) is 2.80. The third kappa shape index (κ3) is 2.15. The number of aromatic nitrogens is 3. The molecule has 22 heavy (non-hydrogen) atoms. The van der Waals surface area contributed by atoms with E-state index in [2.05, 4.69) is 15.2 Å². The van der Waals surface area contributed by atoms with Gasteiger partial charge in [-0.25, -0.2) is 0 Å². The summed E-state index contributed by atoms with van der Waals surface area (Å²) >= 11 is 0. The summed E-state index contributed by atoms with van der Waals surface area (Å²) in [6, 6.07) is 9.66. The van der Waals surface area contributed by atoms with Crippen molar-refractivity contribution < 1.29 is 4.79 Å². The number of benzene rings is 1. The Bertz CT molecular complexity index is 808. The van der Waals surface area contributed by atoms with Crippen molar-refractivity contribution in [3.8, 4) is 0 Å². The van der Waals surface area contributed by atoms with Crippen LogP contribution < -0.4 is 4.90 Å². The molecular weight excluding hydrogens is 276 g/mol. The number of rotatable bonds is 3. The SMILES string of the molecule is O=C(C1CCC1)N(c1cccnc1)c1ccc2[nH]ncc2c1. The summed E-state index contributed by atoms with van der Waals surface area (Å²) in [6.45, 7) is 0. The van der Waals surface area contributed by atoms with Gasteiger partial charge in [-0.1, -0.05) is 6.42 Å². The molecule has 2 aromatic heterocycles. The van der Waals surface area contributed by atoms with E-state index in [4.69, 9.17) is 0 Å². The molecule has 0 aliphatic heterocycles. The number of anilines is 2. The van der Waals surface area contributed by atoms with E-state index >= 15 is 0 Å². The number of carbonyl (C=O) groups is 1. The summed E-state index contributed by atoms with van der Waals surface area (Å²) in [7, 11) is 0. The Hall–Kier alpha value is -2.69. The van der Waals surface area contributed by atoms with Gasteiger partial charge in [-0.2, -0.15) is 5.10 Å². The predicted octanol–water partition coefficient (Wildman–Crippen LogP) is 3.42. The van der Waals surface area contributed by atoms with E-state index in [0.29, 0.717) is 0 Å². The second-order valence-electron chi connectivity index (χ2n) is 5.65. The van der Waals surface area contributed by atoms with Crippen molar-refractivity contribution in [1.82, 2.24) is 15.2 Å². The Morgan fingerprint density at radius 1 is 1.18 bits per heavy atom. The molecule has 0 bridgehead atoms. The van der Waals surface area contributed by atoms with Crippen molar-refractivity contribution >= 4 is 28.2 Å². The van der Waals surface area contributed by atoms with Gasteiger partial charge in [-0.15, -0.1) is 0 Å². The Kier molecular flexibility index (Phi) is 3.11. The van der Waals surface area contributed by atoms with Crippen LogP contribution in [-0.2, 0) is 4.79 Å². The van der Waals surface area contributed by atoms with Gasteiger partial charge in [0, 0.05) is 23.2 Å². The molecule has 0 unspecified atom stereocenters. The van der Waals surface area contributed by atoms with Crippen LogP contribution in [0.1, 0.15) is 19.3 Å². The van der Waals surface area contributed by atoms with E-state index in [1.807, 2.05) is 30.3 Å². The zero-order chi connectivity index (χ0) is 14.9. The third-order valence-corrected chi connectivity index (χ3v) is 4.26.